The molecular weight excluding hydrogens is 296 g/mol. The average molecular weight is 328 g/mol. The first kappa shape index (κ1) is 20.1. The molecular formula is C22H32O2. The van der Waals surface area contributed by atoms with Crippen molar-refractivity contribution in [1.29, 1.82) is 0 Å². The maximum atomic E-state index is 10.0. The van der Waals surface area contributed by atoms with Crippen LogP contribution in [0, 0.1) is 0 Å². The first-order valence-corrected chi connectivity index (χ1v) is 9.01. The zero-order chi connectivity index (χ0) is 17.6. The fraction of sp³-hybridized carbons (Fsp3) is 0.455. The number of methoxy groups -OCH3 is 1. The molecule has 0 aliphatic heterocycles. The average Bonchev–Trinajstić information content (AvgIpc) is 2.59. The molecule has 2 heteroatoms. The predicted molar refractivity (Wildman–Crippen MR) is 104 cm³/mol. The molecule has 132 valence electrons. The van der Waals surface area contributed by atoms with Crippen LogP contribution in [-0.4, -0.2) is 12.2 Å². The molecule has 0 saturated heterocycles. The highest BCUT2D eigenvalue weighted by atomic mass is 16.5. The zero-order valence-electron chi connectivity index (χ0n) is 15.4. The third-order valence-corrected chi connectivity index (χ3v) is 4.01. The van der Waals surface area contributed by atoms with Gasteiger partial charge in [0.1, 0.15) is 11.5 Å². The lowest BCUT2D eigenvalue weighted by Crippen LogP contribution is -1.97. The molecule has 0 spiro atoms. The highest BCUT2D eigenvalue weighted by molar-refractivity contribution is 5.46. The van der Waals surface area contributed by atoms with Crippen molar-refractivity contribution in [1.82, 2.24) is 0 Å². The van der Waals surface area contributed by atoms with Gasteiger partial charge in [-0.3, -0.25) is 0 Å². The van der Waals surface area contributed by atoms with E-state index in [2.05, 4.69) is 50.3 Å². The summed E-state index contributed by atoms with van der Waals surface area (Å²) in [7, 11) is 1.64. The van der Waals surface area contributed by atoms with Gasteiger partial charge in [-0.1, -0.05) is 69.2 Å². The minimum Gasteiger partial charge on any atom is -0.508 e. The van der Waals surface area contributed by atoms with E-state index < -0.39 is 0 Å². The molecule has 1 N–H and O–H groups in total. The Kier molecular flexibility index (Phi) is 10.4. The molecule has 2 nitrogen and oxygen atoms in total. The van der Waals surface area contributed by atoms with E-state index in [1.54, 1.807) is 13.2 Å². The number of hydrogen-bond acceptors (Lipinski definition) is 2. The molecule has 1 aromatic carbocycles. The highest BCUT2D eigenvalue weighted by Crippen LogP contribution is 2.36. The van der Waals surface area contributed by atoms with Crippen molar-refractivity contribution in [2.45, 2.75) is 58.3 Å². The zero-order valence-corrected chi connectivity index (χ0v) is 15.4. The molecule has 0 radical (unpaired) electrons. The SMILES string of the molecule is CCCCC=CCC=CCC=CCC(C)c1c(O)cccc1OC. The summed E-state index contributed by atoms with van der Waals surface area (Å²) >= 11 is 0. The van der Waals surface area contributed by atoms with Gasteiger partial charge in [-0.05, 0) is 43.7 Å². The molecule has 0 bridgehead atoms. The van der Waals surface area contributed by atoms with Crippen molar-refractivity contribution >= 4 is 0 Å². The van der Waals surface area contributed by atoms with Gasteiger partial charge in [0, 0.05) is 5.56 Å². The Morgan fingerprint density at radius 2 is 1.71 bits per heavy atom. The summed E-state index contributed by atoms with van der Waals surface area (Å²) in [6.45, 7) is 4.33. The molecule has 24 heavy (non-hydrogen) atoms. The number of benzene rings is 1. The van der Waals surface area contributed by atoms with Crippen molar-refractivity contribution in [3.63, 3.8) is 0 Å². The summed E-state index contributed by atoms with van der Waals surface area (Å²) in [5, 5.41) is 10.0. The molecule has 0 amide bonds. The van der Waals surface area contributed by atoms with Gasteiger partial charge in [0.2, 0.25) is 0 Å². The Morgan fingerprint density at radius 3 is 2.38 bits per heavy atom. The van der Waals surface area contributed by atoms with E-state index >= 15 is 0 Å². The maximum Gasteiger partial charge on any atom is 0.126 e. The Labute approximate surface area is 147 Å². The van der Waals surface area contributed by atoms with Crippen LogP contribution >= 0.6 is 0 Å². The van der Waals surface area contributed by atoms with Crippen LogP contribution in [0.4, 0.5) is 0 Å². The number of allylic oxidation sites excluding steroid dienone is 6. The van der Waals surface area contributed by atoms with Crippen LogP contribution in [0.3, 0.4) is 0 Å². The standard InChI is InChI=1S/C22H32O2/c1-4-5-6-7-8-9-10-11-12-13-14-16-19(2)22-20(23)17-15-18-21(22)24-3/h7-8,10-11,13-15,17-19,23H,4-6,9,12,16H2,1-3H3. The van der Waals surface area contributed by atoms with Gasteiger partial charge in [-0.2, -0.15) is 0 Å². The monoisotopic (exact) mass is 328 g/mol. The van der Waals surface area contributed by atoms with E-state index in [1.165, 1.54) is 19.3 Å². The Bertz CT molecular complexity index is 541. The van der Waals surface area contributed by atoms with Crippen molar-refractivity contribution in [3.8, 4) is 11.5 Å². The van der Waals surface area contributed by atoms with Gasteiger partial charge in [-0.25, -0.2) is 0 Å². The normalized spacial score (nSPS) is 13.3. The van der Waals surface area contributed by atoms with Crippen LogP contribution in [0.25, 0.3) is 0 Å². The first-order valence-electron chi connectivity index (χ1n) is 9.01. The summed E-state index contributed by atoms with van der Waals surface area (Å²) in [4.78, 5) is 0. The second-order valence-electron chi connectivity index (χ2n) is 6.06. The second-order valence-corrected chi connectivity index (χ2v) is 6.06. The molecule has 0 aliphatic rings. The quantitative estimate of drug-likeness (QED) is 0.369. The number of hydrogen-bond donors (Lipinski definition) is 1. The molecule has 0 heterocycles. The van der Waals surface area contributed by atoms with Gasteiger partial charge < -0.3 is 9.84 Å². The van der Waals surface area contributed by atoms with E-state index in [0.29, 0.717) is 5.75 Å². The van der Waals surface area contributed by atoms with Crippen molar-refractivity contribution in [3.05, 3.63) is 60.2 Å². The van der Waals surface area contributed by atoms with Gasteiger partial charge in [-0.15, -0.1) is 0 Å². The Balaban J connectivity index is 2.33. The topological polar surface area (TPSA) is 29.5 Å². The summed E-state index contributed by atoms with van der Waals surface area (Å²) in [5.41, 5.74) is 0.886. The summed E-state index contributed by atoms with van der Waals surface area (Å²) < 4.78 is 5.35. The molecule has 0 aliphatic carbocycles. The molecule has 1 rings (SSSR count). The van der Waals surface area contributed by atoms with Crippen LogP contribution in [0.1, 0.15) is 63.9 Å². The number of rotatable bonds is 11. The lowest BCUT2D eigenvalue weighted by atomic mass is 9.95. The number of aromatic hydroxyl groups is 1. The molecule has 0 fully saturated rings. The summed E-state index contributed by atoms with van der Waals surface area (Å²) in [6, 6.07) is 5.42. The lowest BCUT2D eigenvalue weighted by Gasteiger charge is -2.15. The molecule has 0 aromatic heterocycles. The largest absolute Gasteiger partial charge is 0.508 e. The number of ether oxygens (including phenoxy) is 1. The van der Waals surface area contributed by atoms with Crippen LogP contribution in [0.15, 0.2) is 54.7 Å². The number of phenolic OH excluding ortho intramolecular Hbond substituents is 1. The van der Waals surface area contributed by atoms with Gasteiger partial charge >= 0.3 is 0 Å². The van der Waals surface area contributed by atoms with E-state index in [1.807, 2.05) is 12.1 Å². The minimum absolute atomic E-state index is 0.225. The minimum atomic E-state index is 0.225. The predicted octanol–water partition coefficient (Wildman–Crippen LogP) is 6.53. The first-order chi connectivity index (χ1) is 11.7. The van der Waals surface area contributed by atoms with Crippen LogP contribution in [0.5, 0.6) is 11.5 Å². The Hall–Kier alpha value is -1.96. The second kappa shape index (κ2) is 12.5. The molecule has 1 unspecified atom stereocenters. The maximum absolute atomic E-state index is 10.0. The third-order valence-electron chi connectivity index (χ3n) is 4.01. The number of phenols is 1. The van der Waals surface area contributed by atoms with E-state index in [-0.39, 0.29) is 5.92 Å². The molecule has 1 atom stereocenters. The van der Waals surface area contributed by atoms with Gasteiger partial charge in [0.15, 0.2) is 0 Å². The van der Waals surface area contributed by atoms with Crippen molar-refractivity contribution < 1.29 is 9.84 Å². The fourth-order valence-corrected chi connectivity index (χ4v) is 2.61. The van der Waals surface area contributed by atoms with E-state index in [0.717, 1.165) is 30.6 Å². The van der Waals surface area contributed by atoms with Crippen molar-refractivity contribution in [2.75, 3.05) is 7.11 Å². The smallest absolute Gasteiger partial charge is 0.126 e. The van der Waals surface area contributed by atoms with Crippen LogP contribution in [0.2, 0.25) is 0 Å². The number of unbranched alkanes of at least 4 members (excludes halogenated alkanes) is 2. The van der Waals surface area contributed by atoms with E-state index in [9.17, 15) is 5.11 Å². The van der Waals surface area contributed by atoms with Gasteiger partial charge in [0.25, 0.3) is 0 Å². The fourth-order valence-electron chi connectivity index (χ4n) is 2.61. The lowest BCUT2D eigenvalue weighted by molar-refractivity contribution is 0.395. The van der Waals surface area contributed by atoms with E-state index in [4.69, 9.17) is 4.74 Å². The van der Waals surface area contributed by atoms with Crippen LogP contribution < -0.4 is 4.74 Å². The van der Waals surface area contributed by atoms with Crippen molar-refractivity contribution in [2.24, 2.45) is 0 Å². The third kappa shape index (κ3) is 7.54. The highest BCUT2D eigenvalue weighted by Gasteiger charge is 2.14. The molecule has 1 aromatic rings. The Morgan fingerprint density at radius 1 is 1.04 bits per heavy atom. The van der Waals surface area contributed by atoms with Crippen LogP contribution in [-0.2, 0) is 0 Å². The molecule has 0 saturated carbocycles. The van der Waals surface area contributed by atoms with Gasteiger partial charge in [0.05, 0.1) is 7.11 Å². The summed E-state index contributed by atoms with van der Waals surface area (Å²) in [5.74, 6) is 1.29. The summed E-state index contributed by atoms with van der Waals surface area (Å²) in [6.07, 6.45) is 19.9.